The van der Waals surface area contributed by atoms with Gasteiger partial charge in [0.1, 0.15) is 0 Å². The number of carbonyl (C=O) groups is 2. The van der Waals surface area contributed by atoms with Crippen LogP contribution in [-0.4, -0.2) is 56.0 Å². The van der Waals surface area contributed by atoms with Crippen LogP contribution in [0.3, 0.4) is 0 Å². The van der Waals surface area contributed by atoms with Gasteiger partial charge in [0.15, 0.2) is 0 Å². The molecule has 1 fully saturated rings. The molecule has 9 nitrogen and oxygen atoms in total. The van der Waals surface area contributed by atoms with E-state index in [2.05, 4.69) is 20.8 Å². The molecule has 1 N–H and O–H groups in total. The van der Waals surface area contributed by atoms with Crippen molar-refractivity contribution in [2.45, 2.75) is 50.0 Å². The van der Waals surface area contributed by atoms with E-state index >= 15 is 0 Å². The van der Waals surface area contributed by atoms with E-state index in [1.165, 1.54) is 18.9 Å². The molecule has 4 rings (SSSR count). The van der Waals surface area contributed by atoms with E-state index in [0.29, 0.717) is 22.2 Å². The Kier molecular flexibility index (Phi) is 5.76. The van der Waals surface area contributed by atoms with Crippen molar-refractivity contribution < 1.29 is 14.3 Å². The Hall–Kier alpha value is -2.88. The van der Waals surface area contributed by atoms with E-state index < -0.39 is 12.0 Å². The van der Waals surface area contributed by atoms with Gasteiger partial charge < -0.3 is 10.1 Å². The Morgan fingerprint density at radius 3 is 2.67 bits per heavy atom. The van der Waals surface area contributed by atoms with Crippen molar-refractivity contribution in [2.24, 2.45) is 0 Å². The van der Waals surface area contributed by atoms with Gasteiger partial charge in [-0.25, -0.2) is 14.3 Å². The number of thioether (sulfide) groups is 1. The number of tetrazole rings is 1. The maximum atomic E-state index is 13.0. The second kappa shape index (κ2) is 8.47. The van der Waals surface area contributed by atoms with Gasteiger partial charge in [-0.1, -0.05) is 42.1 Å². The molecule has 0 spiro atoms. The molecule has 2 amide bonds. The number of rotatable bonds is 7. The minimum atomic E-state index is -0.571. The zero-order chi connectivity index (χ0) is 21.3. The van der Waals surface area contributed by atoms with Gasteiger partial charge in [-0.15, -0.1) is 5.10 Å². The van der Waals surface area contributed by atoms with E-state index in [1.807, 2.05) is 44.2 Å². The molecule has 2 aromatic rings. The normalized spacial score (nSPS) is 19.3. The van der Waals surface area contributed by atoms with Crippen LogP contribution in [0.2, 0.25) is 0 Å². The zero-order valence-corrected chi connectivity index (χ0v) is 17.9. The predicted octanol–water partition coefficient (Wildman–Crippen LogP) is 2.70. The molecule has 1 aromatic carbocycles. The van der Waals surface area contributed by atoms with Crippen LogP contribution < -0.4 is 5.32 Å². The maximum Gasteiger partial charge on any atom is 0.338 e. The summed E-state index contributed by atoms with van der Waals surface area (Å²) >= 11 is 1.41. The number of amides is 2. The number of aromatic nitrogens is 4. The molecular formula is C20H24N6O3S. The van der Waals surface area contributed by atoms with Crippen molar-refractivity contribution in [3.05, 3.63) is 47.2 Å². The molecule has 10 heteroatoms. The molecule has 1 aliphatic heterocycles. The number of methoxy groups -OCH3 is 1. The average Bonchev–Trinajstić information content (AvgIpc) is 3.47. The summed E-state index contributed by atoms with van der Waals surface area (Å²) in [5, 5.41) is 15.5. The van der Waals surface area contributed by atoms with Crippen LogP contribution in [0.4, 0.5) is 4.79 Å². The molecule has 1 aromatic heterocycles. The number of urea groups is 1. The number of esters is 1. The van der Waals surface area contributed by atoms with Crippen molar-refractivity contribution in [1.29, 1.82) is 0 Å². The first-order chi connectivity index (χ1) is 14.5. The van der Waals surface area contributed by atoms with Crippen molar-refractivity contribution in [1.82, 2.24) is 30.4 Å². The third kappa shape index (κ3) is 3.91. The van der Waals surface area contributed by atoms with Crippen LogP contribution in [0.5, 0.6) is 0 Å². The highest BCUT2D eigenvalue weighted by Crippen LogP contribution is 2.40. The van der Waals surface area contributed by atoms with Gasteiger partial charge in [0.05, 0.1) is 24.8 Å². The van der Waals surface area contributed by atoms with Crippen LogP contribution >= 0.6 is 11.8 Å². The fraction of sp³-hybridized carbons (Fsp3) is 0.450. The van der Waals surface area contributed by atoms with Crippen LogP contribution in [0, 0.1) is 0 Å². The summed E-state index contributed by atoms with van der Waals surface area (Å²) in [5.41, 5.74) is 1.94. The first-order valence-electron chi connectivity index (χ1n) is 9.88. The van der Waals surface area contributed by atoms with E-state index in [0.717, 1.165) is 18.4 Å². The molecule has 2 aliphatic rings. The lowest BCUT2D eigenvalue weighted by Gasteiger charge is -2.36. The highest BCUT2D eigenvalue weighted by Gasteiger charge is 2.44. The van der Waals surface area contributed by atoms with Gasteiger partial charge in [0, 0.05) is 17.5 Å². The number of carbonyl (C=O) groups excluding carboxylic acids is 2. The lowest BCUT2D eigenvalue weighted by Crippen LogP contribution is -2.50. The second-order valence-electron chi connectivity index (χ2n) is 7.53. The standard InChI is InChI=1S/C20H24N6O3S/c1-12(2)26-20(22-23-24-26)30-11-15-16(18(27)29-3)17(13-7-5-4-6-8-13)21-19(28)25(15)14-9-10-14/h4-8,12,14,17H,9-11H2,1-3H3,(H,21,28). The van der Waals surface area contributed by atoms with Crippen molar-refractivity contribution in [3.8, 4) is 0 Å². The lowest BCUT2D eigenvalue weighted by molar-refractivity contribution is -0.136. The third-order valence-corrected chi connectivity index (χ3v) is 6.06. The fourth-order valence-corrected chi connectivity index (χ4v) is 4.56. The summed E-state index contributed by atoms with van der Waals surface area (Å²) < 4.78 is 6.85. The molecular weight excluding hydrogens is 404 g/mol. The largest absolute Gasteiger partial charge is 0.466 e. The Bertz CT molecular complexity index is 970. The van der Waals surface area contributed by atoms with Gasteiger partial charge in [-0.3, -0.25) is 4.90 Å². The second-order valence-corrected chi connectivity index (χ2v) is 8.48. The Morgan fingerprint density at radius 2 is 2.03 bits per heavy atom. The third-order valence-electron chi connectivity index (χ3n) is 5.12. The van der Waals surface area contributed by atoms with E-state index in [4.69, 9.17) is 4.74 Å². The first-order valence-corrected chi connectivity index (χ1v) is 10.9. The monoisotopic (exact) mass is 428 g/mol. The molecule has 1 saturated carbocycles. The summed E-state index contributed by atoms with van der Waals surface area (Å²) in [4.78, 5) is 27.6. The Balaban J connectivity index is 1.76. The molecule has 2 heterocycles. The molecule has 1 aliphatic carbocycles. The van der Waals surface area contributed by atoms with E-state index in [9.17, 15) is 9.59 Å². The molecule has 30 heavy (non-hydrogen) atoms. The highest BCUT2D eigenvalue weighted by molar-refractivity contribution is 7.99. The number of hydrogen-bond donors (Lipinski definition) is 1. The number of nitrogens with zero attached hydrogens (tertiary/aromatic N) is 5. The summed E-state index contributed by atoms with van der Waals surface area (Å²) in [6, 6.07) is 8.88. The summed E-state index contributed by atoms with van der Waals surface area (Å²) in [5.74, 6) is -0.0707. The molecule has 1 atom stereocenters. The van der Waals surface area contributed by atoms with Crippen molar-refractivity contribution >= 4 is 23.8 Å². The Labute approximate surface area is 178 Å². The van der Waals surface area contributed by atoms with Gasteiger partial charge >= 0.3 is 12.0 Å². The van der Waals surface area contributed by atoms with Gasteiger partial charge in [-0.05, 0) is 42.7 Å². The quantitative estimate of drug-likeness (QED) is 0.534. The fourth-order valence-electron chi connectivity index (χ4n) is 3.53. The van der Waals surface area contributed by atoms with Crippen molar-refractivity contribution in [2.75, 3.05) is 12.9 Å². The topological polar surface area (TPSA) is 102 Å². The van der Waals surface area contributed by atoms with Crippen LogP contribution in [-0.2, 0) is 9.53 Å². The van der Waals surface area contributed by atoms with E-state index in [1.54, 1.807) is 9.58 Å². The minimum absolute atomic E-state index is 0.0954. The van der Waals surface area contributed by atoms with Gasteiger partial charge in [-0.2, -0.15) is 0 Å². The summed E-state index contributed by atoms with van der Waals surface area (Å²) in [7, 11) is 1.36. The van der Waals surface area contributed by atoms with Gasteiger partial charge in [0.2, 0.25) is 5.16 Å². The molecule has 1 unspecified atom stereocenters. The van der Waals surface area contributed by atoms with E-state index in [-0.39, 0.29) is 18.1 Å². The average molecular weight is 429 g/mol. The smallest absolute Gasteiger partial charge is 0.338 e. The minimum Gasteiger partial charge on any atom is -0.466 e. The number of benzene rings is 1. The Morgan fingerprint density at radius 1 is 1.30 bits per heavy atom. The first kappa shape index (κ1) is 20.4. The summed E-state index contributed by atoms with van der Waals surface area (Å²) in [6.07, 6.45) is 1.82. The van der Waals surface area contributed by atoms with Crippen LogP contribution in [0.1, 0.15) is 44.3 Å². The van der Waals surface area contributed by atoms with Crippen molar-refractivity contribution in [3.63, 3.8) is 0 Å². The zero-order valence-electron chi connectivity index (χ0n) is 17.1. The summed E-state index contributed by atoms with van der Waals surface area (Å²) in [6.45, 7) is 3.99. The van der Waals surface area contributed by atoms with Gasteiger partial charge in [0.25, 0.3) is 0 Å². The molecule has 0 radical (unpaired) electrons. The number of ether oxygens (including phenoxy) is 1. The van der Waals surface area contributed by atoms with Crippen LogP contribution in [0.25, 0.3) is 0 Å². The molecule has 0 saturated heterocycles. The SMILES string of the molecule is COC(=O)C1=C(CSc2nnnn2C(C)C)N(C2CC2)C(=O)NC1c1ccccc1. The molecule has 158 valence electrons. The number of hydrogen-bond acceptors (Lipinski definition) is 7. The number of nitrogens with one attached hydrogen (secondary N) is 1. The molecule has 0 bridgehead atoms. The van der Waals surface area contributed by atoms with Crippen LogP contribution in [0.15, 0.2) is 46.8 Å². The predicted molar refractivity (Wildman–Crippen MR) is 111 cm³/mol. The highest BCUT2D eigenvalue weighted by atomic mass is 32.2. The maximum absolute atomic E-state index is 13.0. The lowest BCUT2D eigenvalue weighted by atomic mass is 9.95.